The van der Waals surface area contributed by atoms with Gasteiger partial charge in [0, 0.05) is 37.6 Å². The van der Waals surface area contributed by atoms with Crippen molar-refractivity contribution in [1.29, 1.82) is 0 Å². The summed E-state index contributed by atoms with van der Waals surface area (Å²) in [4.78, 5) is 15.6. The minimum absolute atomic E-state index is 0.156. The molecular weight excluding hydrogens is 398 g/mol. The highest BCUT2D eigenvalue weighted by atomic mass is 32.2. The minimum Gasteiger partial charge on any atom is -0.350 e. The Morgan fingerprint density at radius 1 is 1.00 bits per heavy atom. The Bertz CT molecular complexity index is 1080. The molecule has 2 aliphatic heterocycles. The van der Waals surface area contributed by atoms with Crippen molar-refractivity contribution >= 4 is 21.6 Å². The number of carbonyl (C=O) groups is 1. The molecule has 1 aromatic heterocycles. The first-order valence-electron chi connectivity index (χ1n) is 10.8. The number of benzene rings is 1. The number of likely N-dealkylation sites (tertiary alicyclic amines) is 1. The molecule has 1 atom stereocenters. The van der Waals surface area contributed by atoms with Gasteiger partial charge in [-0.15, -0.1) is 0 Å². The Labute approximate surface area is 179 Å². The number of amides is 1. The fraction of sp³-hybridized carbons (Fsp3) is 0.522. The smallest absolute Gasteiger partial charge is 0.267 e. The standard InChI is InChI=1S/C23H31N3O3S/c1-16-15-19-11-7-8-12-20(19)26(16)30(28,29)22-18(3)24(4)17(2)21(22)23(27)25-13-9-5-6-10-14-25/h7-8,11-12,16H,5-6,9-10,13-15H2,1-4H3/t16-/m1/s1. The van der Waals surface area contributed by atoms with E-state index < -0.39 is 10.0 Å². The zero-order valence-corrected chi connectivity index (χ0v) is 19.1. The number of fused-ring (bicyclic) bond motifs is 1. The first kappa shape index (κ1) is 21.0. The third-order valence-electron chi connectivity index (χ3n) is 6.69. The second-order valence-electron chi connectivity index (χ2n) is 8.62. The molecule has 4 rings (SSSR count). The quantitative estimate of drug-likeness (QED) is 0.746. The maximum Gasteiger partial charge on any atom is 0.267 e. The average Bonchev–Trinajstić information content (AvgIpc) is 3.01. The molecule has 6 nitrogen and oxygen atoms in total. The highest BCUT2D eigenvalue weighted by Crippen LogP contribution is 2.39. The van der Waals surface area contributed by atoms with Gasteiger partial charge in [0.2, 0.25) is 0 Å². The number of hydrogen-bond acceptors (Lipinski definition) is 3. The van der Waals surface area contributed by atoms with E-state index in [0.29, 0.717) is 36.5 Å². The molecule has 1 amide bonds. The molecule has 7 heteroatoms. The van der Waals surface area contributed by atoms with Crippen molar-refractivity contribution in [2.45, 2.75) is 63.8 Å². The van der Waals surface area contributed by atoms with E-state index in [1.807, 2.05) is 54.6 Å². The van der Waals surface area contributed by atoms with Crippen molar-refractivity contribution in [2.75, 3.05) is 17.4 Å². The number of para-hydroxylation sites is 1. The number of nitrogens with zero attached hydrogens (tertiary/aromatic N) is 3. The molecule has 30 heavy (non-hydrogen) atoms. The first-order valence-corrected chi connectivity index (χ1v) is 12.3. The van der Waals surface area contributed by atoms with Gasteiger partial charge in [0.15, 0.2) is 0 Å². The zero-order chi connectivity index (χ0) is 21.6. The van der Waals surface area contributed by atoms with Crippen molar-refractivity contribution in [1.82, 2.24) is 9.47 Å². The fourth-order valence-corrected chi connectivity index (χ4v) is 7.10. The normalized spacial score (nSPS) is 19.7. The Kier molecular flexibility index (Phi) is 5.43. The maximum atomic E-state index is 14.0. The summed E-state index contributed by atoms with van der Waals surface area (Å²) in [5, 5.41) is 0. The van der Waals surface area contributed by atoms with Gasteiger partial charge >= 0.3 is 0 Å². The maximum absolute atomic E-state index is 14.0. The molecule has 0 aliphatic carbocycles. The summed E-state index contributed by atoms with van der Waals surface area (Å²) in [6.07, 6.45) is 4.84. The monoisotopic (exact) mass is 429 g/mol. The summed E-state index contributed by atoms with van der Waals surface area (Å²) in [7, 11) is -2.05. The summed E-state index contributed by atoms with van der Waals surface area (Å²) in [6, 6.07) is 7.46. The summed E-state index contributed by atoms with van der Waals surface area (Å²) < 4.78 is 31.4. The second kappa shape index (κ2) is 7.76. The van der Waals surface area contributed by atoms with Crippen molar-refractivity contribution in [3.8, 4) is 0 Å². The summed E-state index contributed by atoms with van der Waals surface area (Å²) in [5.74, 6) is -0.156. The Hall–Kier alpha value is -2.28. The van der Waals surface area contributed by atoms with E-state index in [-0.39, 0.29) is 16.8 Å². The third kappa shape index (κ3) is 3.23. The van der Waals surface area contributed by atoms with Crippen molar-refractivity contribution in [3.05, 3.63) is 46.8 Å². The molecule has 3 heterocycles. The lowest BCUT2D eigenvalue weighted by Crippen LogP contribution is -2.38. The summed E-state index contributed by atoms with van der Waals surface area (Å²) in [5.41, 5.74) is 3.41. The second-order valence-corrected chi connectivity index (χ2v) is 10.4. The summed E-state index contributed by atoms with van der Waals surface area (Å²) >= 11 is 0. The lowest BCUT2D eigenvalue weighted by atomic mass is 10.1. The predicted octanol–water partition coefficient (Wildman–Crippen LogP) is 3.80. The lowest BCUT2D eigenvalue weighted by Gasteiger charge is -2.26. The molecule has 1 aromatic carbocycles. The van der Waals surface area contributed by atoms with Crippen LogP contribution < -0.4 is 4.31 Å². The topological polar surface area (TPSA) is 62.6 Å². The van der Waals surface area contributed by atoms with Gasteiger partial charge in [0.05, 0.1) is 11.3 Å². The van der Waals surface area contributed by atoms with Crippen LogP contribution in [0.1, 0.15) is 59.9 Å². The number of carbonyl (C=O) groups excluding carboxylic acids is 1. The van der Waals surface area contributed by atoms with Gasteiger partial charge in [-0.05, 0) is 51.7 Å². The predicted molar refractivity (Wildman–Crippen MR) is 119 cm³/mol. The molecule has 1 saturated heterocycles. The lowest BCUT2D eigenvalue weighted by molar-refractivity contribution is 0.0757. The molecule has 1 fully saturated rings. The Morgan fingerprint density at radius 3 is 2.30 bits per heavy atom. The van der Waals surface area contributed by atoms with Crippen LogP contribution in [0.4, 0.5) is 5.69 Å². The van der Waals surface area contributed by atoms with Crippen molar-refractivity contribution < 1.29 is 13.2 Å². The highest BCUT2D eigenvalue weighted by Gasteiger charge is 2.41. The molecular formula is C23H31N3O3S. The van der Waals surface area contributed by atoms with Crippen LogP contribution in [-0.4, -0.2) is 42.9 Å². The first-order chi connectivity index (χ1) is 14.2. The van der Waals surface area contributed by atoms with E-state index >= 15 is 0 Å². The van der Waals surface area contributed by atoms with E-state index in [0.717, 1.165) is 36.9 Å². The zero-order valence-electron chi connectivity index (χ0n) is 18.3. The molecule has 0 bridgehead atoms. The number of rotatable bonds is 3. The van der Waals surface area contributed by atoms with Gasteiger partial charge in [-0.3, -0.25) is 9.10 Å². The number of sulfonamides is 1. The average molecular weight is 430 g/mol. The van der Waals surface area contributed by atoms with Crippen LogP contribution in [0.3, 0.4) is 0 Å². The van der Waals surface area contributed by atoms with Gasteiger partial charge in [-0.1, -0.05) is 31.0 Å². The molecule has 0 saturated carbocycles. The van der Waals surface area contributed by atoms with Gasteiger partial charge in [0.1, 0.15) is 4.90 Å². The van der Waals surface area contributed by atoms with Crippen LogP contribution in [0, 0.1) is 13.8 Å². The molecule has 2 aliphatic rings. The van der Waals surface area contributed by atoms with E-state index in [9.17, 15) is 13.2 Å². The highest BCUT2D eigenvalue weighted by molar-refractivity contribution is 7.93. The van der Waals surface area contributed by atoms with Gasteiger partial charge in [0.25, 0.3) is 15.9 Å². The number of anilines is 1. The van der Waals surface area contributed by atoms with E-state index in [1.54, 1.807) is 6.92 Å². The Balaban J connectivity index is 1.85. The van der Waals surface area contributed by atoms with Gasteiger partial charge in [-0.25, -0.2) is 8.42 Å². The Morgan fingerprint density at radius 2 is 1.63 bits per heavy atom. The van der Waals surface area contributed by atoms with Crippen LogP contribution in [0.5, 0.6) is 0 Å². The van der Waals surface area contributed by atoms with Gasteiger partial charge < -0.3 is 9.47 Å². The van der Waals surface area contributed by atoms with Crippen LogP contribution >= 0.6 is 0 Å². The van der Waals surface area contributed by atoms with E-state index in [2.05, 4.69) is 0 Å². The molecule has 0 N–H and O–H groups in total. The molecule has 0 radical (unpaired) electrons. The minimum atomic E-state index is -3.89. The van der Waals surface area contributed by atoms with Crippen LogP contribution in [0.25, 0.3) is 0 Å². The molecule has 0 spiro atoms. The fourth-order valence-electron chi connectivity index (χ4n) is 4.92. The third-order valence-corrected chi connectivity index (χ3v) is 8.78. The van der Waals surface area contributed by atoms with Crippen LogP contribution in [-0.2, 0) is 23.5 Å². The number of aromatic nitrogens is 1. The largest absolute Gasteiger partial charge is 0.350 e. The summed E-state index contributed by atoms with van der Waals surface area (Å²) in [6.45, 7) is 6.95. The molecule has 162 valence electrons. The SMILES string of the molecule is Cc1c(C(=O)N2CCCCCC2)c(S(=O)(=O)N2c3ccccc3C[C@H]2C)c(C)n1C. The van der Waals surface area contributed by atoms with Crippen LogP contribution in [0.15, 0.2) is 29.2 Å². The van der Waals surface area contributed by atoms with Crippen molar-refractivity contribution in [2.24, 2.45) is 7.05 Å². The van der Waals surface area contributed by atoms with Crippen molar-refractivity contribution in [3.63, 3.8) is 0 Å². The van der Waals surface area contributed by atoms with E-state index in [4.69, 9.17) is 0 Å². The van der Waals surface area contributed by atoms with Gasteiger partial charge in [-0.2, -0.15) is 0 Å². The number of hydrogen-bond donors (Lipinski definition) is 0. The molecule has 2 aromatic rings. The molecule has 0 unspecified atom stereocenters. The van der Waals surface area contributed by atoms with E-state index in [1.165, 1.54) is 4.31 Å². The van der Waals surface area contributed by atoms with Crippen LogP contribution in [0.2, 0.25) is 0 Å².